The smallest absolute Gasteiger partial charge is 0.463 e. The predicted molar refractivity (Wildman–Crippen MR) is 223 cm³/mol. The molecule has 0 rings (SSSR count). The van der Waals surface area contributed by atoms with E-state index in [9.17, 15) is 43.5 Å². The molecule has 2 unspecified atom stereocenters. The first-order valence-corrected chi connectivity index (χ1v) is 24.7. The minimum atomic E-state index is -4.89. The molecule has 0 aliphatic rings. The van der Waals surface area contributed by atoms with Crippen LogP contribution >= 0.6 is 15.6 Å². The minimum absolute atomic E-state index is 0.103. The van der Waals surface area contributed by atoms with Crippen LogP contribution in [0.3, 0.4) is 0 Å². The van der Waals surface area contributed by atoms with Gasteiger partial charge in [-0.3, -0.25) is 32.5 Å². The molecule has 0 saturated heterocycles. The van der Waals surface area contributed by atoms with Crippen molar-refractivity contribution in [2.75, 3.05) is 39.6 Å². The number of carbonyl (C=O) groups excluding carboxylic acids is 3. The maximum Gasteiger partial charge on any atom is 0.472 e. The summed E-state index contributed by atoms with van der Waals surface area (Å²) in [5.41, 5.74) is 0. The van der Waals surface area contributed by atoms with Gasteiger partial charge in [-0.25, -0.2) is 9.13 Å². The SMILES string of the molecule is [CH2-]CCCCCCCCCCCCC(=O)O[C@H](COC(=O)CCCCCCCCC[CH2-])COP(=O)(O)OC[C@H](O)COP(=O)(O)OC[C@H](O)COC(=O)CCCCC[CH2-]. The molecule has 0 aromatic rings. The third-order valence-corrected chi connectivity index (χ3v) is 10.9. The molecule has 5 atom stereocenters. The van der Waals surface area contributed by atoms with Crippen LogP contribution in [0, 0.1) is 20.8 Å². The van der Waals surface area contributed by atoms with Crippen molar-refractivity contribution >= 4 is 33.6 Å². The van der Waals surface area contributed by atoms with Crippen LogP contribution in [-0.2, 0) is 55.8 Å². The molecule has 0 saturated carbocycles. The maximum absolute atomic E-state index is 12.7. The fourth-order valence-electron chi connectivity index (χ4n) is 5.58. The van der Waals surface area contributed by atoms with E-state index in [0.717, 1.165) is 96.3 Å². The van der Waals surface area contributed by atoms with Crippen LogP contribution in [0.5, 0.6) is 0 Å². The van der Waals surface area contributed by atoms with Gasteiger partial charge < -0.3 is 55.0 Å². The molecule has 0 spiro atoms. The van der Waals surface area contributed by atoms with E-state index < -0.39 is 91.5 Å². The summed E-state index contributed by atoms with van der Waals surface area (Å²) in [5.74, 6) is -1.63. The molecule has 0 aliphatic carbocycles. The number of ether oxygens (including phenoxy) is 3. The third kappa shape index (κ3) is 39.2. The van der Waals surface area contributed by atoms with Crippen molar-refractivity contribution in [1.82, 2.24) is 0 Å². The summed E-state index contributed by atoms with van der Waals surface area (Å²) in [6.07, 6.45) is 18.6. The molecule has 18 heteroatoms. The number of hydrogen-bond donors (Lipinski definition) is 4. The second-order valence-corrected chi connectivity index (χ2v) is 17.7. The lowest BCUT2D eigenvalue weighted by molar-refractivity contribution is -0.161. The Morgan fingerprint density at radius 1 is 0.407 bits per heavy atom. The standard InChI is InChI=1S/C41H77O16P2/c1-4-7-10-13-15-17-18-19-21-23-26-29-41(46)57-38(34-52-40(45)28-25-22-20-16-14-11-8-5-2)35-56-59(49,50)55-33-37(43)32-54-58(47,48)53-31-36(42)30-51-39(44)27-24-12-9-6-3/h36-38,42-43H,1-35H2,(H,47,48)(H,49,50)/q-3/t36-,37-,38-/m1/s1. The molecular weight excluding hydrogens is 810 g/mol. The summed E-state index contributed by atoms with van der Waals surface area (Å²) >= 11 is 0. The Bertz CT molecular complexity index is 1140. The largest absolute Gasteiger partial charge is 0.472 e. The number of esters is 3. The van der Waals surface area contributed by atoms with Crippen molar-refractivity contribution in [3.05, 3.63) is 20.8 Å². The van der Waals surface area contributed by atoms with Crippen LogP contribution in [-0.4, -0.2) is 95.9 Å². The van der Waals surface area contributed by atoms with Crippen molar-refractivity contribution in [3.63, 3.8) is 0 Å². The first-order valence-electron chi connectivity index (χ1n) is 21.7. The molecule has 0 amide bonds. The van der Waals surface area contributed by atoms with Gasteiger partial charge in [-0.05, 0) is 19.3 Å². The molecule has 0 aromatic heterocycles. The van der Waals surface area contributed by atoms with Crippen molar-refractivity contribution in [1.29, 1.82) is 0 Å². The van der Waals surface area contributed by atoms with Gasteiger partial charge in [0.1, 0.15) is 25.4 Å². The molecule has 0 bridgehead atoms. The number of phosphoric ester groups is 2. The lowest BCUT2D eigenvalue weighted by atomic mass is 10.1. The molecule has 0 radical (unpaired) electrons. The van der Waals surface area contributed by atoms with Crippen molar-refractivity contribution in [2.24, 2.45) is 0 Å². The topological polar surface area (TPSA) is 231 Å². The van der Waals surface area contributed by atoms with E-state index in [1.807, 2.05) is 0 Å². The number of phosphoric acid groups is 2. The molecule has 59 heavy (non-hydrogen) atoms. The van der Waals surface area contributed by atoms with E-state index in [-0.39, 0.29) is 19.3 Å². The minimum Gasteiger partial charge on any atom is -0.463 e. The first-order chi connectivity index (χ1) is 28.2. The Morgan fingerprint density at radius 3 is 1.08 bits per heavy atom. The van der Waals surface area contributed by atoms with E-state index in [1.165, 1.54) is 32.1 Å². The van der Waals surface area contributed by atoms with Gasteiger partial charge in [-0.15, -0.1) is 0 Å². The van der Waals surface area contributed by atoms with Gasteiger partial charge in [0.15, 0.2) is 6.10 Å². The number of unbranched alkanes of at least 4 members (excludes halogenated alkanes) is 20. The van der Waals surface area contributed by atoms with E-state index in [2.05, 4.69) is 29.8 Å². The van der Waals surface area contributed by atoms with Crippen LogP contribution in [0.15, 0.2) is 0 Å². The van der Waals surface area contributed by atoms with Crippen LogP contribution in [0.2, 0.25) is 0 Å². The summed E-state index contributed by atoms with van der Waals surface area (Å²) < 4.78 is 59.5. The van der Waals surface area contributed by atoms with Gasteiger partial charge in [-0.2, -0.15) is 19.3 Å². The lowest BCUT2D eigenvalue weighted by Crippen LogP contribution is -2.30. The Kier molecular flexibility index (Phi) is 37.3. The van der Waals surface area contributed by atoms with Gasteiger partial charge in [-0.1, -0.05) is 109 Å². The van der Waals surface area contributed by atoms with Gasteiger partial charge in [0.2, 0.25) is 0 Å². The molecule has 0 aromatic carbocycles. The van der Waals surface area contributed by atoms with Crippen LogP contribution < -0.4 is 0 Å². The highest BCUT2D eigenvalue weighted by Crippen LogP contribution is 2.45. The van der Waals surface area contributed by atoms with Gasteiger partial charge in [0.25, 0.3) is 0 Å². The summed E-state index contributed by atoms with van der Waals surface area (Å²) in [6, 6.07) is 0. The normalized spacial score (nSPS) is 15.2. The fraction of sp³-hybridized carbons (Fsp3) is 0.854. The monoisotopic (exact) mass is 887 g/mol. The van der Waals surface area contributed by atoms with Crippen molar-refractivity contribution < 1.29 is 75.8 Å². The molecule has 0 aliphatic heterocycles. The maximum atomic E-state index is 12.7. The highest BCUT2D eigenvalue weighted by molar-refractivity contribution is 7.47. The summed E-state index contributed by atoms with van der Waals surface area (Å²) in [5, 5.41) is 20.0. The average molecular weight is 888 g/mol. The quantitative estimate of drug-likeness (QED) is 0.0148. The average Bonchev–Trinajstić information content (AvgIpc) is 3.20. The van der Waals surface area contributed by atoms with E-state index in [1.54, 1.807) is 0 Å². The zero-order valence-electron chi connectivity index (χ0n) is 35.6. The number of carbonyl (C=O) groups is 3. The number of hydrogen-bond acceptors (Lipinski definition) is 14. The molecule has 16 nitrogen and oxygen atoms in total. The number of rotatable bonds is 43. The second kappa shape index (κ2) is 38.2. The summed E-state index contributed by atoms with van der Waals surface area (Å²) in [4.78, 5) is 56.9. The van der Waals surface area contributed by atoms with E-state index >= 15 is 0 Å². The molecule has 0 heterocycles. The van der Waals surface area contributed by atoms with E-state index in [4.69, 9.17) is 23.3 Å². The summed E-state index contributed by atoms with van der Waals surface area (Å²) in [7, 11) is -9.70. The van der Waals surface area contributed by atoms with Gasteiger partial charge in [0.05, 0.1) is 26.4 Å². The Morgan fingerprint density at radius 2 is 0.695 bits per heavy atom. The van der Waals surface area contributed by atoms with Crippen LogP contribution in [0.4, 0.5) is 0 Å². The van der Waals surface area contributed by atoms with Crippen LogP contribution in [0.25, 0.3) is 0 Å². The van der Waals surface area contributed by atoms with Crippen molar-refractivity contribution in [3.8, 4) is 0 Å². The van der Waals surface area contributed by atoms with Gasteiger partial charge in [0, 0.05) is 19.3 Å². The predicted octanol–water partition coefficient (Wildman–Crippen LogP) is 8.62. The summed E-state index contributed by atoms with van der Waals surface area (Å²) in [6.45, 7) is 7.37. The molecule has 0 fully saturated rings. The first kappa shape index (κ1) is 57.5. The lowest BCUT2D eigenvalue weighted by Gasteiger charge is -2.21. The number of aliphatic hydroxyl groups is 2. The zero-order chi connectivity index (χ0) is 44.0. The molecular formula is C41H77O16P2-3. The highest BCUT2D eigenvalue weighted by atomic mass is 31.2. The van der Waals surface area contributed by atoms with E-state index in [0.29, 0.717) is 19.3 Å². The Labute approximate surface area is 354 Å². The highest BCUT2D eigenvalue weighted by Gasteiger charge is 2.29. The van der Waals surface area contributed by atoms with Gasteiger partial charge >= 0.3 is 33.6 Å². The van der Waals surface area contributed by atoms with Crippen LogP contribution in [0.1, 0.15) is 167 Å². The zero-order valence-corrected chi connectivity index (χ0v) is 37.4. The third-order valence-electron chi connectivity index (χ3n) is 9.02. The number of aliphatic hydroxyl groups excluding tert-OH is 2. The Balaban J connectivity index is 4.77. The fourth-order valence-corrected chi connectivity index (χ4v) is 7.17. The molecule has 4 N–H and O–H groups in total. The second-order valence-electron chi connectivity index (χ2n) is 14.8. The Hall–Kier alpha value is -1.45. The molecule has 350 valence electrons. The van der Waals surface area contributed by atoms with Crippen molar-refractivity contribution in [2.45, 2.75) is 185 Å².